The maximum atomic E-state index is 4.26. The minimum absolute atomic E-state index is 0.438. The Hall–Kier alpha value is 0.574. The van der Waals surface area contributed by atoms with E-state index in [0.717, 1.165) is 33.6 Å². The van der Waals surface area contributed by atoms with Gasteiger partial charge in [0.15, 0.2) is 0 Å². The topological polar surface area (TPSA) is 24.4 Å². The number of nitrogens with one attached hydrogen (secondary N) is 1. The van der Waals surface area contributed by atoms with Crippen LogP contribution in [0.15, 0.2) is 4.99 Å². The fourth-order valence-electron chi connectivity index (χ4n) is 0.343. The minimum atomic E-state index is 0.438. The second kappa shape index (κ2) is 4.45. The van der Waals surface area contributed by atoms with Gasteiger partial charge in [-0.2, -0.15) is 0 Å². The summed E-state index contributed by atoms with van der Waals surface area (Å²) in [6.07, 6.45) is 0. The van der Waals surface area contributed by atoms with Gasteiger partial charge in [0.2, 0.25) is 0 Å². The van der Waals surface area contributed by atoms with Crippen LogP contribution in [0.2, 0.25) is 0 Å². The Morgan fingerprint density at radius 2 is 2.12 bits per heavy atom. The van der Waals surface area contributed by atoms with Crippen molar-refractivity contribution in [2.24, 2.45) is 4.99 Å². The van der Waals surface area contributed by atoms with E-state index in [0.29, 0.717) is 6.04 Å². The summed E-state index contributed by atoms with van der Waals surface area (Å²) in [7, 11) is 1.91. The molecule has 0 spiro atoms. The van der Waals surface area contributed by atoms with Crippen LogP contribution >= 0.6 is 0 Å². The van der Waals surface area contributed by atoms with E-state index in [1.165, 1.54) is 0 Å². The molecule has 0 atom stereocenters. The maximum absolute atomic E-state index is 4.26. The SMILES string of the molecule is CN[C]([Y])=NC(C)C. The van der Waals surface area contributed by atoms with Gasteiger partial charge in [-0.05, 0) is 0 Å². The molecule has 0 aliphatic heterocycles. The Bertz CT molecular complexity index is 88.4. The summed E-state index contributed by atoms with van der Waals surface area (Å²) in [6, 6.07) is 0.438. The van der Waals surface area contributed by atoms with Gasteiger partial charge in [0.1, 0.15) is 0 Å². The molecule has 0 aromatic carbocycles. The van der Waals surface area contributed by atoms with Crippen LogP contribution in [0.5, 0.6) is 0 Å². The van der Waals surface area contributed by atoms with Crippen molar-refractivity contribution < 1.29 is 31.0 Å². The van der Waals surface area contributed by atoms with E-state index in [1.807, 2.05) is 7.05 Å². The van der Waals surface area contributed by atoms with Gasteiger partial charge >= 0.3 is 70.8 Å². The van der Waals surface area contributed by atoms with Crippen molar-refractivity contribution in [2.45, 2.75) is 19.9 Å². The van der Waals surface area contributed by atoms with Crippen LogP contribution in [0.1, 0.15) is 13.8 Å². The number of rotatable bonds is 1. The van der Waals surface area contributed by atoms with Crippen molar-refractivity contribution in [1.29, 1.82) is 0 Å². The van der Waals surface area contributed by atoms with Gasteiger partial charge < -0.3 is 0 Å². The molecule has 0 unspecified atom stereocenters. The van der Waals surface area contributed by atoms with E-state index in [4.69, 9.17) is 0 Å². The van der Waals surface area contributed by atoms with Crippen molar-refractivity contribution >= 4 is 2.65 Å². The first-order chi connectivity index (χ1) is 3.66. The van der Waals surface area contributed by atoms with Gasteiger partial charge in [-0.25, -0.2) is 0 Å². The molecule has 44 valence electrons. The third-order valence-electron chi connectivity index (χ3n) is 0.653. The van der Waals surface area contributed by atoms with Crippen LogP contribution < -0.4 is 5.32 Å². The third-order valence-corrected chi connectivity index (χ3v) is 1.73. The van der Waals surface area contributed by atoms with E-state index >= 15 is 0 Å². The van der Waals surface area contributed by atoms with Gasteiger partial charge in [0.25, 0.3) is 0 Å². The summed E-state index contributed by atoms with van der Waals surface area (Å²) in [5.74, 6) is 0. The Morgan fingerprint density at radius 3 is 2.25 bits per heavy atom. The van der Waals surface area contributed by atoms with Gasteiger partial charge in [-0.15, -0.1) is 0 Å². The second-order valence-electron chi connectivity index (χ2n) is 1.86. The average Bonchev–Trinajstić information content (AvgIpc) is 1.65. The molecule has 0 heterocycles. The van der Waals surface area contributed by atoms with E-state index in [-0.39, 0.29) is 0 Å². The summed E-state index contributed by atoms with van der Waals surface area (Å²) in [5, 5.41) is 3.00. The molecule has 2 nitrogen and oxygen atoms in total. The van der Waals surface area contributed by atoms with Crippen LogP contribution in [-0.2, 0) is 31.0 Å². The van der Waals surface area contributed by atoms with Crippen LogP contribution in [-0.4, -0.2) is 15.7 Å². The van der Waals surface area contributed by atoms with E-state index in [2.05, 4.69) is 24.2 Å². The van der Waals surface area contributed by atoms with Crippen LogP contribution in [0.25, 0.3) is 0 Å². The molecular weight excluding hydrogens is 177 g/mol. The summed E-state index contributed by atoms with van der Waals surface area (Å²) in [5.41, 5.74) is 0. The Balaban J connectivity index is 3.56. The summed E-state index contributed by atoms with van der Waals surface area (Å²) < 4.78 is 1.13. The average molecular weight is 188 g/mol. The monoisotopic (exact) mass is 188 g/mol. The zero-order valence-corrected chi connectivity index (χ0v) is 8.44. The molecule has 0 bridgehead atoms. The quantitative estimate of drug-likeness (QED) is 0.470. The number of hydrogen-bond acceptors (Lipinski definition) is 1. The predicted molar refractivity (Wildman–Crippen MR) is 31.6 cm³/mol. The van der Waals surface area contributed by atoms with Crippen molar-refractivity contribution in [3.8, 4) is 0 Å². The Kier molecular flexibility index (Phi) is 4.77. The molecule has 0 aliphatic carbocycles. The summed E-state index contributed by atoms with van der Waals surface area (Å²) in [4.78, 5) is 4.26. The van der Waals surface area contributed by atoms with Crippen LogP contribution in [0.3, 0.4) is 0 Å². The molecule has 0 rings (SSSR count). The molecule has 0 saturated carbocycles. The molecule has 0 radical (unpaired) electrons. The van der Waals surface area contributed by atoms with Crippen molar-refractivity contribution in [1.82, 2.24) is 5.32 Å². The molecule has 0 aromatic rings. The molecule has 8 heavy (non-hydrogen) atoms. The van der Waals surface area contributed by atoms with Gasteiger partial charge in [-0.3, -0.25) is 0 Å². The zero-order valence-electron chi connectivity index (χ0n) is 5.60. The summed E-state index contributed by atoms with van der Waals surface area (Å²) in [6.45, 7) is 4.15. The van der Waals surface area contributed by atoms with Gasteiger partial charge in [0, 0.05) is 0 Å². The molecule has 1 N–H and O–H groups in total. The predicted octanol–water partition coefficient (Wildman–Crippen LogP) is 0.517. The molecular formula is C5H11N2Y. The number of aliphatic imine (C=N–C) groups is 1. The third kappa shape index (κ3) is 4.73. The zero-order chi connectivity index (χ0) is 6.57. The van der Waals surface area contributed by atoms with E-state index in [1.54, 1.807) is 0 Å². The van der Waals surface area contributed by atoms with Crippen molar-refractivity contribution in [3.63, 3.8) is 0 Å². The van der Waals surface area contributed by atoms with E-state index < -0.39 is 0 Å². The molecule has 0 aromatic heterocycles. The number of amidine groups is 1. The normalized spacial score (nSPS) is 12.1. The number of nitrogens with zero attached hydrogens (tertiary/aromatic N) is 1. The molecule has 0 fully saturated rings. The van der Waals surface area contributed by atoms with Crippen molar-refractivity contribution in [3.05, 3.63) is 0 Å². The fourth-order valence-corrected chi connectivity index (χ4v) is 1.08. The Labute approximate surface area is 70.6 Å². The first-order valence-corrected chi connectivity index (χ1v) is 4.09. The Morgan fingerprint density at radius 1 is 1.62 bits per heavy atom. The van der Waals surface area contributed by atoms with Gasteiger partial charge in [-0.1, -0.05) is 0 Å². The molecule has 0 amide bonds. The van der Waals surface area contributed by atoms with E-state index in [9.17, 15) is 0 Å². The first kappa shape index (κ1) is 8.57. The molecule has 0 aliphatic rings. The van der Waals surface area contributed by atoms with Gasteiger partial charge in [0.05, 0.1) is 0 Å². The standard InChI is InChI=1S/C5H11N2.Y/c1-5(2)7-4-6-3;/h5H,1-3H3,(H,6,7);. The molecule has 0 saturated heterocycles. The first-order valence-electron chi connectivity index (χ1n) is 2.68. The van der Waals surface area contributed by atoms with Crippen LogP contribution in [0.4, 0.5) is 0 Å². The molecule has 3 heteroatoms. The fraction of sp³-hybridized carbons (Fsp3) is 0.800. The summed E-state index contributed by atoms with van der Waals surface area (Å²) >= 11 is 1.09. The second-order valence-corrected chi connectivity index (χ2v) is 3.20. The number of hydrogen-bond donors (Lipinski definition) is 1. The van der Waals surface area contributed by atoms with Crippen LogP contribution in [0, 0.1) is 0 Å². The van der Waals surface area contributed by atoms with Crippen molar-refractivity contribution in [2.75, 3.05) is 7.05 Å².